The first kappa shape index (κ1) is 14.4. The lowest BCUT2D eigenvalue weighted by molar-refractivity contribution is -0.126. The van der Waals surface area contributed by atoms with Gasteiger partial charge in [0.15, 0.2) is 10.8 Å². The SMILES string of the molecule is CCOC(=O)c1nc(NCC(=O)N(C)C)sc1C. The van der Waals surface area contributed by atoms with E-state index in [-0.39, 0.29) is 12.5 Å². The Balaban J connectivity index is 2.67. The van der Waals surface area contributed by atoms with Gasteiger partial charge in [0.1, 0.15) is 0 Å². The molecule has 0 fully saturated rings. The number of thiazole rings is 1. The molecule has 0 aromatic carbocycles. The van der Waals surface area contributed by atoms with Crippen LogP contribution in [0.3, 0.4) is 0 Å². The Morgan fingerprint density at radius 2 is 2.11 bits per heavy atom. The summed E-state index contributed by atoms with van der Waals surface area (Å²) >= 11 is 1.33. The van der Waals surface area contributed by atoms with Gasteiger partial charge in [-0.1, -0.05) is 0 Å². The summed E-state index contributed by atoms with van der Waals surface area (Å²) in [4.78, 5) is 29.3. The third-order valence-corrected chi connectivity index (χ3v) is 3.08. The van der Waals surface area contributed by atoms with Crippen LogP contribution in [0.2, 0.25) is 0 Å². The minimum atomic E-state index is -0.432. The van der Waals surface area contributed by atoms with Crippen LogP contribution in [0.5, 0.6) is 0 Å². The molecule has 1 aromatic heterocycles. The van der Waals surface area contributed by atoms with Crippen molar-refractivity contribution in [3.8, 4) is 0 Å². The van der Waals surface area contributed by atoms with Crippen LogP contribution in [0.1, 0.15) is 22.3 Å². The van der Waals surface area contributed by atoms with Crippen molar-refractivity contribution in [1.82, 2.24) is 9.88 Å². The lowest BCUT2D eigenvalue weighted by Gasteiger charge is -2.09. The molecule has 0 saturated carbocycles. The number of likely N-dealkylation sites (N-methyl/N-ethyl adjacent to an activating group) is 1. The molecule has 1 amide bonds. The van der Waals surface area contributed by atoms with Crippen LogP contribution >= 0.6 is 11.3 Å². The van der Waals surface area contributed by atoms with Crippen molar-refractivity contribution in [1.29, 1.82) is 0 Å². The molecule has 0 spiro atoms. The molecule has 1 N–H and O–H groups in total. The second kappa shape index (κ2) is 6.34. The van der Waals surface area contributed by atoms with E-state index in [0.29, 0.717) is 17.4 Å². The maximum atomic E-state index is 11.5. The third kappa shape index (κ3) is 3.69. The van der Waals surface area contributed by atoms with Gasteiger partial charge in [0, 0.05) is 19.0 Å². The first-order chi connectivity index (χ1) is 8.45. The normalized spacial score (nSPS) is 10.0. The summed E-state index contributed by atoms with van der Waals surface area (Å²) in [7, 11) is 3.36. The van der Waals surface area contributed by atoms with Crippen molar-refractivity contribution in [3.05, 3.63) is 10.6 Å². The topological polar surface area (TPSA) is 71.5 Å². The van der Waals surface area contributed by atoms with Gasteiger partial charge in [0.2, 0.25) is 5.91 Å². The van der Waals surface area contributed by atoms with Crippen LogP contribution < -0.4 is 5.32 Å². The van der Waals surface area contributed by atoms with E-state index in [0.717, 1.165) is 4.88 Å². The molecule has 0 aliphatic carbocycles. The summed E-state index contributed by atoms with van der Waals surface area (Å²) in [6.07, 6.45) is 0. The molecule has 18 heavy (non-hydrogen) atoms. The quantitative estimate of drug-likeness (QED) is 0.813. The van der Waals surface area contributed by atoms with Gasteiger partial charge in [-0.05, 0) is 13.8 Å². The van der Waals surface area contributed by atoms with E-state index in [1.54, 1.807) is 27.9 Å². The lowest BCUT2D eigenvalue weighted by Crippen LogP contribution is -2.28. The summed E-state index contributed by atoms with van der Waals surface area (Å²) in [5.41, 5.74) is 0.307. The fourth-order valence-electron chi connectivity index (χ4n) is 1.17. The molecular formula is C11H17N3O3S. The molecule has 0 radical (unpaired) electrons. The number of anilines is 1. The Morgan fingerprint density at radius 1 is 1.44 bits per heavy atom. The number of aryl methyl sites for hydroxylation is 1. The number of hydrogen-bond acceptors (Lipinski definition) is 6. The molecule has 0 unspecified atom stereocenters. The van der Waals surface area contributed by atoms with Gasteiger partial charge < -0.3 is 15.0 Å². The number of aromatic nitrogens is 1. The van der Waals surface area contributed by atoms with Gasteiger partial charge in [-0.3, -0.25) is 4.79 Å². The highest BCUT2D eigenvalue weighted by Gasteiger charge is 2.16. The smallest absolute Gasteiger partial charge is 0.358 e. The Morgan fingerprint density at radius 3 is 2.67 bits per heavy atom. The van der Waals surface area contributed by atoms with E-state index in [2.05, 4.69) is 10.3 Å². The van der Waals surface area contributed by atoms with Crippen LogP contribution in [0.25, 0.3) is 0 Å². The summed E-state index contributed by atoms with van der Waals surface area (Å²) < 4.78 is 4.89. The van der Waals surface area contributed by atoms with E-state index < -0.39 is 5.97 Å². The van der Waals surface area contributed by atoms with Gasteiger partial charge >= 0.3 is 5.97 Å². The van der Waals surface area contributed by atoms with Gasteiger partial charge in [0.25, 0.3) is 0 Å². The standard InChI is InChI=1S/C11H17N3O3S/c1-5-17-10(16)9-7(2)18-11(13-9)12-6-8(15)14(3)4/h5-6H2,1-4H3,(H,12,13). The van der Waals surface area contributed by atoms with Crippen molar-refractivity contribution in [2.75, 3.05) is 32.6 Å². The third-order valence-electron chi connectivity index (χ3n) is 2.16. The number of nitrogens with zero attached hydrogens (tertiary/aromatic N) is 2. The van der Waals surface area contributed by atoms with Crippen LogP contribution in [0.4, 0.5) is 5.13 Å². The summed E-state index contributed by atoms with van der Waals surface area (Å²) in [5.74, 6) is -0.487. The Hall–Kier alpha value is -1.63. The van der Waals surface area contributed by atoms with Gasteiger partial charge in [-0.25, -0.2) is 9.78 Å². The molecule has 7 heteroatoms. The molecule has 6 nitrogen and oxygen atoms in total. The average molecular weight is 271 g/mol. The molecule has 0 saturated heterocycles. The molecule has 1 heterocycles. The highest BCUT2D eigenvalue weighted by atomic mass is 32.1. The van der Waals surface area contributed by atoms with Crippen molar-refractivity contribution in [3.63, 3.8) is 0 Å². The second-order valence-corrected chi connectivity index (χ2v) is 4.99. The number of esters is 1. The Bertz CT molecular complexity index is 443. The van der Waals surface area contributed by atoms with Gasteiger partial charge in [0.05, 0.1) is 13.2 Å². The summed E-state index contributed by atoms with van der Waals surface area (Å²) in [6.45, 7) is 4.01. The van der Waals surface area contributed by atoms with E-state index in [1.165, 1.54) is 16.2 Å². The molecule has 0 aliphatic heterocycles. The fourth-order valence-corrected chi connectivity index (χ4v) is 1.97. The average Bonchev–Trinajstić information content (AvgIpc) is 2.67. The Labute approximate surface area is 110 Å². The zero-order valence-corrected chi connectivity index (χ0v) is 11.8. The summed E-state index contributed by atoms with van der Waals surface area (Å²) in [5, 5.41) is 3.44. The molecule has 1 aromatic rings. The van der Waals surface area contributed by atoms with Crippen molar-refractivity contribution < 1.29 is 14.3 Å². The van der Waals surface area contributed by atoms with E-state index in [9.17, 15) is 9.59 Å². The molecule has 0 bridgehead atoms. The Kier molecular flexibility index (Phi) is 5.08. The zero-order chi connectivity index (χ0) is 13.7. The lowest BCUT2D eigenvalue weighted by atomic mass is 10.4. The minimum absolute atomic E-state index is 0.0551. The first-order valence-corrected chi connectivity index (χ1v) is 6.36. The van der Waals surface area contributed by atoms with Crippen LogP contribution in [0.15, 0.2) is 0 Å². The minimum Gasteiger partial charge on any atom is -0.461 e. The highest BCUT2D eigenvalue weighted by molar-refractivity contribution is 7.15. The number of carbonyl (C=O) groups excluding carboxylic acids is 2. The maximum Gasteiger partial charge on any atom is 0.358 e. The molecule has 1 rings (SSSR count). The number of nitrogens with one attached hydrogen (secondary N) is 1. The summed E-state index contributed by atoms with van der Waals surface area (Å²) in [6, 6.07) is 0. The van der Waals surface area contributed by atoms with Crippen molar-refractivity contribution >= 4 is 28.3 Å². The number of amides is 1. The monoisotopic (exact) mass is 271 g/mol. The maximum absolute atomic E-state index is 11.5. The molecule has 0 aliphatic rings. The molecule has 100 valence electrons. The van der Waals surface area contributed by atoms with Crippen molar-refractivity contribution in [2.24, 2.45) is 0 Å². The highest BCUT2D eigenvalue weighted by Crippen LogP contribution is 2.22. The molecule has 0 atom stereocenters. The largest absolute Gasteiger partial charge is 0.461 e. The van der Waals surface area contributed by atoms with Crippen molar-refractivity contribution in [2.45, 2.75) is 13.8 Å². The number of ether oxygens (including phenoxy) is 1. The van der Waals surface area contributed by atoms with Crippen LogP contribution in [0, 0.1) is 6.92 Å². The van der Waals surface area contributed by atoms with Crippen LogP contribution in [-0.2, 0) is 9.53 Å². The van der Waals surface area contributed by atoms with E-state index in [4.69, 9.17) is 4.74 Å². The van der Waals surface area contributed by atoms with Gasteiger partial charge in [-0.15, -0.1) is 11.3 Å². The van der Waals surface area contributed by atoms with Crippen LogP contribution in [-0.4, -0.2) is 49.0 Å². The fraction of sp³-hybridized carbons (Fsp3) is 0.545. The van der Waals surface area contributed by atoms with E-state index in [1.807, 2.05) is 0 Å². The number of rotatable bonds is 5. The predicted octanol–water partition coefficient (Wildman–Crippen LogP) is 1.13. The number of carbonyl (C=O) groups is 2. The van der Waals surface area contributed by atoms with Gasteiger partial charge in [-0.2, -0.15) is 0 Å². The number of hydrogen-bond donors (Lipinski definition) is 1. The predicted molar refractivity (Wildman–Crippen MR) is 70.0 cm³/mol. The zero-order valence-electron chi connectivity index (χ0n) is 10.9. The second-order valence-electron chi connectivity index (χ2n) is 3.79. The first-order valence-electron chi connectivity index (χ1n) is 5.54. The van der Waals surface area contributed by atoms with E-state index >= 15 is 0 Å². The molecular weight excluding hydrogens is 254 g/mol.